The van der Waals surface area contributed by atoms with Crippen molar-refractivity contribution in [2.75, 3.05) is 11.9 Å². The number of carbonyl (C=O) groups excluding carboxylic acids is 2. The van der Waals surface area contributed by atoms with Crippen molar-refractivity contribution >= 4 is 28.2 Å². The Kier molecular flexibility index (Phi) is 5.19. The number of nitrogens with zero attached hydrogens (tertiary/aromatic N) is 2. The van der Waals surface area contributed by atoms with Gasteiger partial charge in [0.1, 0.15) is 16.5 Å². The van der Waals surface area contributed by atoms with Crippen molar-refractivity contribution in [1.29, 1.82) is 0 Å². The van der Waals surface area contributed by atoms with E-state index in [2.05, 4.69) is 10.4 Å². The van der Waals surface area contributed by atoms with Crippen LogP contribution in [-0.2, 0) is 4.74 Å². The summed E-state index contributed by atoms with van der Waals surface area (Å²) in [6.07, 6.45) is 3.46. The maximum absolute atomic E-state index is 14.1. The Morgan fingerprint density at radius 3 is 2.79 bits per heavy atom. The third-order valence-electron chi connectivity index (χ3n) is 4.88. The summed E-state index contributed by atoms with van der Waals surface area (Å²) in [6.45, 7) is 3.71. The highest BCUT2D eigenvalue weighted by atomic mass is 32.1. The molecule has 4 rings (SSSR count). The number of aromatic nitrogens is 2. The van der Waals surface area contributed by atoms with Crippen molar-refractivity contribution in [1.82, 2.24) is 9.78 Å². The molecule has 0 bridgehead atoms. The first-order valence-corrected chi connectivity index (χ1v) is 10.3. The molecule has 150 valence electrons. The van der Waals surface area contributed by atoms with Crippen molar-refractivity contribution in [2.45, 2.75) is 32.6 Å². The van der Waals surface area contributed by atoms with Gasteiger partial charge in [-0.05, 0) is 55.7 Å². The van der Waals surface area contributed by atoms with E-state index >= 15 is 0 Å². The number of ether oxygens (including phenoxy) is 1. The molecule has 29 heavy (non-hydrogen) atoms. The minimum absolute atomic E-state index is 0.265. The second-order valence-electron chi connectivity index (χ2n) is 6.85. The fourth-order valence-corrected chi connectivity index (χ4v) is 4.27. The second-order valence-corrected chi connectivity index (χ2v) is 7.73. The monoisotopic (exact) mass is 413 g/mol. The molecule has 3 aromatic rings. The molecule has 1 fully saturated rings. The van der Waals surface area contributed by atoms with E-state index in [4.69, 9.17) is 4.74 Å². The number of carbonyl (C=O) groups is 2. The van der Waals surface area contributed by atoms with Crippen molar-refractivity contribution < 1.29 is 18.7 Å². The van der Waals surface area contributed by atoms with Crippen LogP contribution in [0.4, 0.5) is 9.39 Å². The van der Waals surface area contributed by atoms with Crippen LogP contribution in [0, 0.1) is 12.7 Å². The summed E-state index contributed by atoms with van der Waals surface area (Å²) in [6, 6.07) is 6.23. The summed E-state index contributed by atoms with van der Waals surface area (Å²) < 4.78 is 20.7. The van der Waals surface area contributed by atoms with Crippen molar-refractivity contribution in [3.05, 3.63) is 64.0 Å². The fraction of sp³-hybridized carbons (Fsp3) is 0.286. The number of anilines is 1. The van der Waals surface area contributed by atoms with Gasteiger partial charge in [-0.3, -0.25) is 4.79 Å². The Balaban J connectivity index is 1.63. The third kappa shape index (κ3) is 3.67. The molecular weight excluding hydrogens is 393 g/mol. The molecule has 0 radical (unpaired) electrons. The molecule has 2 heterocycles. The van der Waals surface area contributed by atoms with Gasteiger partial charge in [-0.1, -0.05) is 12.1 Å². The Morgan fingerprint density at radius 2 is 2.10 bits per heavy atom. The predicted molar refractivity (Wildman–Crippen MR) is 108 cm³/mol. The molecule has 0 unspecified atom stereocenters. The lowest BCUT2D eigenvalue weighted by Gasteiger charge is -2.09. The molecule has 0 atom stereocenters. The smallest absolute Gasteiger partial charge is 0.341 e. The van der Waals surface area contributed by atoms with Crippen LogP contribution in [0.15, 0.2) is 35.8 Å². The van der Waals surface area contributed by atoms with Gasteiger partial charge in [-0.2, -0.15) is 5.10 Å². The Labute approximate surface area is 171 Å². The van der Waals surface area contributed by atoms with E-state index in [1.165, 1.54) is 28.3 Å². The van der Waals surface area contributed by atoms with Crippen molar-refractivity contribution in [3.8, 4) is 5.69 Å². The Hall–Kier alpha value is -3.00. The van der Waals surface area contributed by atoms with Gasteiger partial charge in [0.2, 0.25) is 0 Å². The summed E-state index contributed by atoms with van der Waals surface area (Å²) >= 11 is 1.31. The zero-order chi connectivity index (χ0) is 20.5. The quantitative estimate of drug-likeness (QED) is 0.595. The zero-order valence-corrected chi connectivity index (χ0v) is 16.9. The molecule has 1 aliphatic rings. The molecule has 1 aromatic carbocycles. The van der Waals surface area contributed by atoms with E-state index < -0.39 is 17.7 Å². The van der Waals surface area contributed by atoms with Gasteiger partial charge >= 0.3 is 5.97 Å². The number of benzene rings is 1. The molecule has 1 saturated carbocycles. The van der Waals surface area contributed by atoms with E-state index in [9.17, 15) is 14.0 Å². The summed E-state index contributed by atoms with van der Waals surface area (Å²) in [5, 5.41) is 9.37. The van der Waals surface area contributed by atoms with Gasteiger partial charge < -0.3 is 10.1 Å². The highest BCUT2D eigenvalue weighted by molar-refractivity contribution is 7.15. The maximum Gasteiger partial charge on any atom is 0.341 e. The van der Waals surface area contributed by atoms with Gasteiger partial charge in [-0.25, -0.2) is 13.9 Å². The van der Waals surface area contributed by atoms with Gasteiger partial charge in [0.25, 0.3) is 5.91 Å². The average Bonchev–Trinajstić information content (AvgIpc) is 3.35. The van der Waals surface area contributed by atoms with E-state index in [0.29, 0.717) is 27.7 Å². The number of hydrogen-bond donors (Lipinski definition) is 1. The van der Waals surface area contributed by atoms with Gasteiger partial charge in [0, 0.05) is 0 Å². The number of hydrogen-bond acceptors (Lipinski definition) is 5. The van der Waals surface area contributed by atoms with Crippen LogP contribution in [0.5, 0.6) is 0 Å². The molecule has 1 amide bonds. The minimum atomic E-state index is -0.428. The molecule has 6 nitrogen and oxygen atoms in total. The largest absolute Gasteiger partial charge is 0.462 e. The number of nitrogens with one attached hydrogen (secondary N) is 1. The van der Waals surface area contributed by atoms with Crippen molar-refractivity contribution in [3.63, 3.8) is 0 Å². The van der Waals surface area contributed by atoms with Crippen LogP contribution in [0.3, 0.4) is 0 Å². The number of thiophene rings is 1. The first kappa shape index (κ1) is 19.3. The van der Waals surface area contributed by atoms with E-state index in [0.717, 1.165) is 18.4 Å². The fourth-order valence-electron chi connectivity index (χ4n) is 3.24. The Morgan fingerprint density at radius 1 is 1.34 bits per heavy atom. The second kappa shape index (κ2) is 7.79. The normalized spacial score (nSPS) is 13.3. The van der Waals surface area contributed by atoms with Crippen LogP contribution in [-0.4, -0.2) is 28.3 Å². The lowest BCUT2D eigenvalue weighted by atomic mass is 10.1. The van der Waals surface area contributed by atoms with Crippen LogP contribution in [0.2, 0.25) is 0 Å². The van der Waals surface area contributed by atoms with E-state index in [1.807, 2.05) is 5.38 Å². The SMILES string of the molecule is CCOC(=O)c1c(C2CC2)csc1NC(=O)c1cnn(-c2ccccc2F)c1C. The van der Waals surface area contributed by atoms with Crippen LogP contribution in [0.25, 0.3) is 5.69 Å². The molecule has 0 saturated heterocycles. The molecule has 0 aliphatic heterocycles. The molecule has 0 spiro atoms. The Bertz CT molecular complexity index is 1080. The number of esters is 1. The first-order valence-electron chi connectivity index (χ1n) is 9.40. The van der Waals surface area contributed by atoms with E-state index in [-0.39, 0.29) is 12.3 Å². The molecule has 1 N–H and O–H groups in total. The highest BCUT2D eigenvalue weighted by Gasteiger charge is 2.32. The maximum atomic E-state index is 14.1. The standard InChI is InChI=1S/C21H20FN3O3S/c1-3-28-21(27)18-15(13-8-9-13)11-29-20(18)24-19(26)14-10-23-25(12(14)2)17-7-5-4-6-16(17)22/h4-7,10-11,13H,3,8-9H2,1-2H3,(H,24,26). The predicted octanol–water partition coefficient (Wildman–Crippen LogP) is 4.69. The number of rotatable bonds is 6. The van der Waals surface area contributed by atoms with Gasteiger partial charge in [0.15, 0.2) is 0 Å². The molecule has 2 aromatic heterocycles. The lowest BCUT2D eigenvalue weighted by Crippen LogP contribution is -2.16. The van der Waals surface area contributed by atoms with Gasteiger partial charge in [-0.15, -0.1) is 11.3 Å². The number of halogens is 1. The summed E-state index contributed by atoms with van der Waals surface area (Å²) in [5.74, 6) is -0.908. The first-order chi connectivity index (χ1) is 14.0. The van der Waals surface area contributed by atoms with Crippen LogP contribution in [0.1, 0.15) is 57.7 Å². The van der Waals surface area contributed by atoms with Crippen LogP contribution >= 0.6 is 11.3 Å². The highest BCUT2D eigenvalue weighted by Crippen LogP contribution is 2.46. The minimum Gasteiger partial charge on any atom is -0.462 e. The summed E-state index contributed by atoms with van der Waals surface area (Å²) in [7, 11) is 0. The number of amides is 1. The lowest BCUT2D eigenvalue weighted by molar-refractivity contribution is 0.0527. The van der Waals surface area contributed by atoms with Gasteiger partial charge in [0.05, 0.1) is 29.6 Å². The topological polar surface area (TPSA) is 73.2 Å². The third-order valence-corrected chi connectivity index (χ3v) is 5.79. The van der Waals surface area contributed by atoms with Crippen LogP contribution < -0.4 is 5.32 Å². The molecule has 8 heteroatoms. The zero-order valence-electron chi connectivity index (χ0n) is 16.1. The van der Waals surface area contributed by atoms with Crippen molar-refractivity contribution in [2.24, 2.45) is 0 Å². The molecule has 1 aliphatic carbocycles. The molecular formula is C21H20FN3O3S. The summed E-state index contributed by atoms with van der Waals surface area (Å²) in [5.41, 5.74) is 2.45. The number of para-hydroxylation sites is 1. The van der Waals surface area contributed by atoms with E-state index in [1.54, 1.807) is 32.0 Å². The summed E-state index contributed by atoms with van der Waals surface area (Å²) in [4.78, 5) is 25.4. The average molecular weight is 413 g/mol.